The summed E-state index contributed by atoms with van der Waals surface area (Å²) >= 11 is 0. The Hall–Kier alpha value is -2.74. The fourth-order valence-electron chi connectivity index (χ4n) is 3.44. The number of morpholine rings is 1. The average Bonchev–Trinajstić information content (AvgIpc) is 2.78. The van der Waals surface area contributed by atoms with Crippen molar-refractivity contribution in [3.05, 3.63) is 77.9 Å². The zero-order chi connectivity index (χ0) is 20.3. The first-order valence-corrected chi connectivity index (χ1v) is 10.9. The zero-order valence-corrected chi connectivity index (χ0v) is 16.7. The fraction of sp³-hybridized carbons (Fsp3) is 0.227. The lowest BCUT2D eigenvalue weighted by atomic mass is 10.1. The third-order valence-electron chi connectivity index (χ3n) is 5.01. The van der Waals surface area contributed by atoms with E-state index in [1.807, 2.05) is 36.4 Å². The summed E-state index contributed by atoms with van der Waals surface area (Å²) < 4.78 is 32.7. The molecule has 1 amide bonds. The lowest BCUT2D eigenvalue weighted by Crippen LogP contribution is -2.41. The Bertz CT molecular complexity index is 1140. The minimum Gasteiger partial charge on any atom is -0.379 e. The molecule has 0 unspecified atom stereocenters. The van der Waals surface area contributed by atoms with Gasteiger partial charge in [0, 0.05) is 25.2 Å². The zero-order valence-electron chi connectivity index (χ0n) is 15.9. The van der Waals surface area contributed by atoms with Crippen molar-refractivity contribution in [1.82, 2.24) is 9.62 Å². The second-order valence-electron chi connectivity index (χ2n) is 6.87. The highest BCUT2D eigenvalue weighted by atomic mass is 32.2. The summed E-state index contributed by atoms with van der Waals surface area (Å²) in [6.45, 7) is 1.58. The average molecular weight is 410 g/mol. The number of rotatable bonds is 5. The van der Waals surface area contributed by atoms with E-state index in [0.29, 0.717) is 37.4 Å². The SMILES string of the molecule is O=C(NCc1ccccc1S(=O)(=O)N1CCOCC1)c1ccc2ccccc2c1. The number of hydrogen-bond donors (Lipinski definition) is 1. The molecule has 0 atom stereocenters. The molecule has 29 heavy (non-hydrogen) atoms. The Morgan fingerprint density at radius 3 is 2.41 bits per heavy atom. The number of sulfonamides is 1. The van der Waals surface area contributed by atoms with Crippen LogP contribution in [0.2, 0.25) is 0 Å². The van der Waals surface area contributed by atoms with Crippen molar-refractivity contribution in [3.8, 4) is 0 Å². The second-order valence-corrected chi connectivity index (χ2v) is 8.78. The van der Waals surface area contributed by atoms with E-state index in [1.165, 1.54) is 4.31 Å². The fourth-order valence-corrected chi connectivity index (χ4v) is 5.07. The number of fused-ring (bicyclic) bond motifs is 1. The van der Waals surface area contributed by atoms with Crippen molar-refractivity contribution in [3.63, 3.8) is 0 Å². The van der Waals surface area contributed by atoms with E-state index in [0.717, 1.165) is 10.8 Å². The molecule has 0 saturated carbocycles. The first-order chi connectivity index (χ1) is 14.1. The van der Waals surface area contributed by atoms with E-state index in [2.05, 4.69) is 5.32 Å². The number of carbonyl (C=O) groups is 1. The van der Waals surface area contributed by atoms with Gasteiger partial charge in [-0.3, -0.25) is 4.79 Å². The summed E-state index contributed by atoms with van der Waals surface area (Å²) in [5.74, 6) is -0.241. The van der Waals surface area contributed by atoms with Crippen molar-refractivity contribution in [2.75, 3.05) is 26.3 Å². The molecule has 6 nitrogen and oxygen atoms in total. The van der Waals surface area contributed by atoms with Gasteiger partial charge in [-0.15, -0.1) is 0 Å². The molecule has 150 valence electrons. The number of hydrogen-bond acceptors (Lipinski definition) is 4. The molecule has 1 aliphatic rings. The highest BCUT2D eigenvalue weighted by Gasteiger charge is 2.28. The van der Waals surface area contributed by atoms with Crippen LogP contribution in [-0.4, -0.2) is 44.9 Å². The maximum atomic E-state index is 13.0. The van der Waals surface area contributed by atoms with Gasteiger partial charge < -0.3 is 10.1 Å². The summed E-state index contributed by atoms with van der Waals surface area (Å²) in [6, 6.07) is 20.1. The van der Waals surface area contributed by atoms with Crippen molar-refractivity contribution in [2.45, 2.75) is 11.4 Å². The topological polar surface area (TPSA) is 75.7 Å². The second kappa shape index (κ2) is 8.32. The third-order valence-corrected chi connectivity index (χ3v) is 7.01. The van der Waals surface area contributed by atoms with Gasteiger partial charge in [-0.25, -0.2) is 8.42 Å². The van der Waals surface area contributed by atoms with Gasteiger partial charge in [0.15, 0.2) is 0 Å². The number of amides is 1. The highest BCUT2D eigenvalue weighted by Crippen LogP contribution is 2.21. The molecule has 3 aromatic carbocycles. The number of nitrogens with one attached hydrogen (secondary N) is 1. The molecule has 1 N–H and O–H groups in total. The first kappa shape index (κ1) is 19.6. The summed E-state index contributed by atoms with van der Waals surface area (Å²) in [4.78, 5) is 12.9. The number of ether oxygens (including phenoxy) is 1. The van der Waals surface area contributed by atoms with Crippen molar-refractivity contribution in [1.29, 1.82) is 0 Å². The van der Waals surface area contributed by atoms with E-state index >= 15 is 0 Å². The molecule has 1 saturated heterocycles. The number of carbonyl (C=O) groups excluding carboxylic acids is 1. The Kier molecular flexibility index (Phi) is 5.62. The Morgan fingerprint density at radius 2 is 1.62 bits per heavy atom. The molecule has 0 radical (unpaired) electrons. The van der Waals surface area contributed by atoms with Gasteiger partial charge in [0.25, 0.3) is 5.91 Å². The van der Waals surface area contributed by atoms with E-state index in [9.17, 15) is 13.2 Å². The third kappa shape index (κ3) is 4.17. The quantitative estimate of drug-likeness (QED) is 0.702. The van der Waals surface area contributed by atoms with Gasteiger partial charge in [0.1, 0.15) is 0 Å². The molecular weight excluding hydrogens is 388 g/mol. The standard InChI is InChI=1S/C22H22N2O4S/c25-22(19-10-9-17-5-1-2-6-18(17)15-19)23-16-20-7-3-4-8-21(20)29(26,27)24-11-13-28-14-12-24/h1-10,15H,11-14,16H2,(H,23,25). The molecule has 0 bridgehead atoms. The lowest BCUT2D eigenvalue weighted by Gasteiger charge is -2.27. The van der Waals surface area contributed by atoms with Gasteiger partial charge in [-0.1, -0.05) is 48.5 Å². The van der Waals surface area contributed by atoms with Crippen LogP contribution in [0, 0.1) is 0 Å². The number of benzene rings is 3. The summed E-state index contributed by atoms with van der Waals surface area (Å²) in [5.41, 5.74) is 1.10. The van der Waals surface area contributed by atoms with Gasteiger partial charge in [-0.05, 0) is 34.5 Å². The van der Waals surface area contributed by atoms with Crippen LogP contribution in [0.3, 0.4) is 0 Å². The first-order valence-electron chi connectivity index (χ1n) is 9.48. The van der Waals surface area contributed by atoms with Crippen molar-refractivity contribution in [2.24, 2.45) is 0 Å². The van der Waals surface area contributed by atoms with E-state index < -0.39 is 10.0 Å². The molecule has 7 heteroatoms. The van der Waals surface area contributed by atoms with Crippen LogP contribution in [0.5, 0.6) is 0 Å². The van der Waals surface area contributed by atoms with Crippen LogP contribution >= 0.6 is 0 Å². The van der Waals surface area contributed by atoms with Crippen LogP contribution < -0.4 is 5.32 Å². The molecule has 4 rings (SSSR count). The lowest BCUT2D eigenvalue weighted by molar-refractivity contribution is 0.0730. The minimum absolute atomic E-state index is 0.130. The molecule has 0 spiro atoms. The van der Waals surface area contributed by atoms with E-state index in [1.54, 1.807) is 30.3 Å². The van der Waals surface area contributed by atoms with Gasteiger partial charge >= 0.3 is 0 Å². The van der Waals surface area contributed by atoms with Crippen LogP contribution in [0.25, 0.3) is 10.8 Å². The predicted octanol–water partition coefficient (Wildman–Crippen LogP) is 2.79. The number of nitrogens with zero attached hydrogens (tertiary/aromatic N) is 1. The normalized spacial score (nSPS) is 15.3. The summed E-state index contributed by atoms with van der Waals surface area (Å²) in [7, 11) is -3.63. The predicted molar refractivity (Wildman–Crippen MR) is 111 cm³/mol. The molecule has 0 aromatic heterocycles. The highest BCUT2D eigenvalue weighted by molar-refractivity contribution is 7.89. The van der Waals surface area contributed by atoms with Gasteiger partial charge in [-0.2, -0.15) is 4.31 Å². The molecule has 1 fully saturated rings. The van der Waals surface area contributed by atoms with Gasteiger partial charge in [0.05, 0.1) is 18.1 Å². The smallest absolute Gasteiger partial charge is 0.251 e. The molecule has 3 aromatic rings. The largest absolute Gasteiger partial charge is 0.379 e. The minimum atomic E-state index is -3.63. The van der Waals surface area contributed by atoms with Crippen LogP contribution in [0.15, 0.2) is 71.6 Å². The molecule has 1 heterocycles. The van der Waals surface area contributed by atoms with Crippen LogP contribution in [0.4, 0.5) is 0 Å². The Labute approximate surface area is 170 Å². The van der Waals surface area contributed by atoms with Crippen molar-refractivity contribution >= 4 is 26.7 Å². The van der Waals surface area contributed by atoms with E-state index in [4.69, 9.17) is 4.74 Å². The van der Waals surface area contributed by atoms with Gasteiger partial charge in [0.2, 0.25) is 10.0 Å². The maximum Gasteiger partial charge on any atom is 0.251 e. The Morgan fingerprint density at radius 1 is 0.931 bits per heavy atom. The van der Waals surface area contributed by atoms with Crippen LogP contribution in [-0.2, 0) is 21.3 Å². The monoisotopic (exact) mass is 410 g/mol. The summed E-state index contributed by atoms with van der Waals surface area (Å²) in [6.07, 6.45) is 0. The molecule has 0 aliphatic carbocycles. The molecule has 1 aliphatic heterocycles. The maximum absolute atomic E-state index is 13.0. The Balaban J connectivity index is 1.53. The molecular formula is C22H22N2O4S. The summed E-state index contributed by atoms with van der Waals surface area (Å²) in [5, 5.41) is 4.89. The van der Waals surface area contributed by atoms with Crippen molar-refractivity contribution < 1.29 is 17.9 Å². The van der Waals surface area contributed by atoms with E-state index in [-0.39, 0.29) is 17.3 Å². The van der Waals surface area contributed by atoms with Crippen LogP contribution in [0.1, 0.15) is 15.9 Å².